The minimum absolute atomic E-state index is 0. The van der Waals surface area contributed by atoms with Gasteiger partial charge in [0.05, 0.1) is 18.7 Å². The number of amides is 1. The van der Waals surface area contributed by atoms with E-state index in [4.69, 9.17) is 0 Å². The number of unbranched alkanes of at least 4 members (excludes halogenated alkanes) is 3. The van der Waals surface area contributed by atoms with Crippen LogP contribution in [-0.2, 0) is 9.59 Å². The molecule has 112 valence electrons. The van der Waals surface area contributed by atoms with E-state index in [-0.39, 0.29) is 42.0 Å². The van der Waals surface area contributed by atoms with E-state index in [0.29, 0.717) is 19.4 Å². The van der Waals surface area contributed by atoms with Gasteiger partial charge in [-0.2, -0.15) is 0 Å². The third-order valence-electron chi connectivity index (χ3n) is 2.91. The zero-order valence-electron chi connectivity index (χ0n) is 13.0. The molecule has 0 aliphatic carbocycles. The molecule has 0 heterocycles. The maximum Gasteiger partial charge on any atom is 1.00 e. The molecule has 0 radical (unpaired) electrons. The van der Waals surface area contributed by atoms with Gasteiger partial charge in [-0.15, -0.1) is 0 Å². The fourth-order valence-electron chi connectivity index (χ4n) is 1.93. The largest absolute Gasteiger partial charge is 1.00 e. The number of carboxylic acids is 1. The topological polar surface area (TPSA) is 60.4 Å². The molecule has 0 spiro atoms. The summed E-state index contributed by atoms with van der Waals surface area (Å²) >= 11 is 0. The van der Waals surface area contributed by atoms with Gasteiger partial charge in [-0.05, 0) is 26.2 Å². The van der Waals surface area contributed by atoms with E-state index in [2.05, 4.69) is 0 Å². The van der Waals surface area contributed by atoms with Gasteiger partial charge in [-0.1, -0.05) is 26.2 Å². The molecule has 1 amide bonds. The summed E-state index contributed by atoms with van der Waals surface area (Å²) in [5, 5.41) is 10.5. The maximum atomic E-state index is 12.5. The fraction of sp³-hybridized carbons (Fsp3) is 0.857. The number of hydrogen-bond donors (Lipinski definition) is 0. The van der Waals surface area contributed by atoms with Crippen LogP contribution in [0.3, 0.4) is 0 Å². The van der Waals surface area contributed by atoms with Crippen molar-refractivity contribution in [2.24, 2.45) is 0 Å². The first kappa shape index (κ1) is 22.2. The average Bonchev–Trinajstić information content (AvgIpc) is 2.31. The molecule has 0 bridgehead atoms. The first-order chi connectivity index (χ1) is 8.97. The van der Waals surface area contributed by atoms with Gasteiger partial charge < -0.3 is 14.8 Å². The number of carbonyl (C=O) groups is 2. The van der Waals surface area contributed by atoms with Crippen molar-refractivity contribution >= 4 is 11.9 Å². The number of alkyl halides is 1. The second-order valence-corrected chi connectivity index (χ2v) is 4.92. The summed E-state index contributed by atoms with van der Waals surface area (Å²) in [5.74, 6) is -1.36. The van der Waals surface area contributed by atoms with Crippen LogP contribution in [0.4, 0.5) is 4.39 Å². The van der Waals surface area contributed by atoms with Crippen LogP contribution < -0.4 is 34.7 Å². The van der Waals surface area contributed by atoms with Crippen molar-refractivity contribution < 1.29 is 48.6 Å². The Morgan fingerprint density at radius 1 is 1.20 bits per heavy atom. The number of aliphatic carboxylic acids is 1. The summed E-state index contributed by atoms with van der Waals surface area (Å²) in [6.07, 6.45) is 4.26. The van der Waals surface area contributed by atoms with E-state index >= 15 is 0 Å². The molecule has 0 aromatic carbocycles. The SMILES string of the molecule is CCCN(CC(=O)[O-])C(=O)CCCCCCC(C)F.[Na+]. The number of nitrogens with zero attached hydrogens (tertiary/aromatic N) is 1. The monoisotopic (exact) mass is 297 g/mol. The van der Waals surface area contributed by atoms with Gasteiger partial charge in [-0.25, -0.2) is 4.39 Å². The van der Waals surface area contributed by atoms with Crippen LogP contribution >= 0.6 is 0 Å². The van der Waals surface area contributed by atoms with Crippen molar-refractivity contribution in [1.29, 1.82) is 0 Å². The average molecular weight is 297 g/mol. The number of halogens is 1. The van der Waals surface area contributed by atoms with Crippen LogP contribution in [0.2, 0.25) is 0 Å². The molecular formula is C14H25FNNaO3. The molecular weight excluding hydrogens is 272 g/mol. The number of carboxylic acid groups (broad SMARTS) is 1. The first-order valence-electron chi connectivity index (χ1n) is 7.09. The van der Waals surface area contributed by atoms with Gasteiger partial charge in [-0.3, -0.25) is 4.79 Å². The summed E-state index contributed by atoms with van der Waals surface area (Å²) in [5.41, 5.74) is 0. The quantitative estimate of drug-likeness (QED) is 0.351. The zero-order valence-corrected chi connectivity index (χ0v) is 15.0. The molecule has 1 atom stereocenters. The summed E-state index contributed by atoms with van der Waals surface area (Å²) < 4.78 is 12.5. The molecule has 0 fully saturated rings. The Balaban J connectivity index is 0. The number of carbonyl (C=O) groups excluding carboxylic acids is 2. The Hall–Kier alpha value is -0.130. The van der Waals surface area contributed by atoms with Gasteiger partial charge in [0.1, 0.15) is 0 Å². The molecule has 0 aliphatic rings. The van der Waals surface area contributed by atoms with Crippen molar-refractivity contribution in [2.45, 2.75) is 65.0 Å². The third-order valence-corrected chi connectivity index (χ3v) is 2.91. The zero-order chi connectivity index (χ0) is 14.7. The Labute approximate surface area is 143 Å². The Morgan fingerprint density at radius 2 is 1.80 bits per heavy atom. The van der Waals surface area contributed by atoms with Crippen LogP contribution in [0.25, 0.3) is 0 Å². The van der Waals surface area contributed by atoms with E-state index in [9.17, 15) is 19.1 Å². The first-order valence-corrected chi connectivity index (χ1v) is 7.09. The molecule has 0 saturated heterocycles. The predicted octanol–water partition coefficient (Wildman–Crippen LogP) is -1.32. The van der Waals surface area contributed by atoms with Gasteiger partial charge in [0, 0.05) is 13.0 Å². The minimum atomic E-state index is -1.22. The number of rotatable bonds is 11. The van der Waals surface area contributed by atoms with Crippen molar-refractivity contribution in [2.75, 3.05) is 13.1 Å². The van der Waals surface area contributed by atoms with Crippen molar-refractivity contribution in [3.8, 4) is 0 Å². The van der Waals surface area contributed by atoms with Crippen molar-refractivity contribution in [1.82, 2.24) is 4.90 Å². The minimum Gasteiger partial charge on any atom is -0.548 e. The van der Waals surface area contributed by atoms with Gasteiger partial charge in [0.25, 0.3) is 0 Å². The summed E-state index contributed by atoms with van der Waals surface area (Å²) in [6, 6.07) is 0. The molecule has 0 aliphatic heterocycles. The van der Waals surface area contributed by atoms with E-state index in [1.54, 1.807) is 6.92 Å². The summed E-state index contributed by atoms with van der Waals surface area (Å²) in [4.78, 5) is 23.6. The molecule has 0 aromatic heterocycles. The second kappa shape index (κ2) is 13.8. The van der Waals surface area contributed by atoms with Crippen LogP contribution in [0.1, 0.15) is 58.8 Å². The van der Waals surface area contributed by atoms with Crippen LogP contribution in [-0.4, -0.2) is 36.0 Å². The van der Waals surface area contributed by atoms with Crippen LogP contribution in [0, 0.1) is 0 Å². The molecule has 0 aromatic rings. The van der Waals surface area contributed by atoms with Gasteiger partial charge in [0.15, 0.2) is 0 Å². The van der Waals surface area contributed by atoms with E-state index in [0.717, 1.165) is 32.1 Å². The van der Waals surface area contributed by atoms with E-state index in [1.807, 2.05) is 6.92 Å². The Kier molecular flexibility index (Phi) is 15.3. The summed E-state index contributed by atoms with van der Waals surface area (Å²) in [6.45, 7) is 3.57. The number of hydrogen-bond acceptors (Lipinski definition) is 3. The maximum absolute atomic E-state index is 12.5. The normalized spacial score (nSPS) is 11.6. The smallest absolute Gasteiger partial charge is 0.548 e. The third kappa shape index (κ3) is 12.9. The van der Waals surface area contributed by atoms with Crippen molar-refractivity contribution in [3.63, 3.8) is 0 Å². The molecule has 0 N–H and O–H groups in total. The Bertz CT molecular complexity index is 275. The van der Waals surface area contributed by atoms with Crippen LogP contribution in [0.15, 0.2) is 0 Å². The van der Waals surface area contributed by atoms with Crippen LogP contribution in [0.5, 0.6) is 0 Å². The fourth-order valence-corrected chi connectivity index (χ4v) is 1.93. The molecule has 1 unspecified atom stereocenters. The predicted molar refractivity (Wildman–Crippen MR) is 70.2 cm³/mol. The molecule has 0 rings (SSSR count). The van der Waals surface area contributed by atoms with Crippen molar-refractivity contribution in [3.05, 3.63) is 0 Å². The molecule has 20 heavy (non-hydrogen) atoms. The summed E-state index contributed by atoms with van der Waals surface area (Å²) in [7, 11) is 0. The molecule has 6 heteroatoms. The van der Waals surface area contributed by atoms with E-state index in [1.165, 1.54) is 4.90 Å². The second-order valence-electron chi connectivity index (χ2n) is 4.92. The van der Waals surface area contributed by atoms with Gasteiger partial charge >= 0.3 is 29.6 Å². The molecule has 0 saturated carbocycles. The Morgan fingerprint density at radius 3 is 2.30 bits per heavy atom. The standard InChI is InChI=1S/C14H26FNO3.Na/c1-3-10-16(11-14(18)19)13(17)9-7-5-4-6-8-12(2)15;/h12H,3-11H2,1-2H3,(H,18,19);/q;+1/p-1. The molecule has 4 nitrogen and oxygen atoms in total. The van der Waals surface area contributed by atoms with E-state index < -0.39 is 12.1 Å². The van der Waals surface area contributed by atoms with Gasteiger partial charge in [0.2, 0.25) is 5.91 Å².